The van der Waals surface area contributed by atoms with Crippen LogP contribution in [-0.2, 0) is 14.8 Å². The molecule has 1 heterocycles. The number of hydrogen-bond donors (Lipinski definition) is 2. The van der Waals surface area contributed by atoms with Crippen LogP contribution in [-0.4, -0.2) is 31.1 Å². The van der Waals surface area contributed by atoms with Crippen molar-refractivity contribution in [2.75, 3.05) is 11.3 Å². The molecule has 0 unspecified atom stereocenters. The van der Waals surface area contributed by atoms with Gasteiger partial charge in [0.25, 0.3) is 10.0 Å². The van der Waals surface area contributed by atoms with Gasteiger partial charge in [-0.25, -0.2) is 18.2 Å². The number of benzene rings is 1. The third-order valence-corrected chi connectivity index (χ3v) is 4.65. The maximum atomic E-state index is 12.1. The number of carboxylic acid groups (broad SMARTS) is 1. The van der Waals surface area contributed by atoms with E-state index in [9.17, 15) is 13.2 Å². The Morgan fingerprint density at radius 1 is 1.38 bits per heavy atom. The molecule has 1 aromatic carbocycles. The monoisotopic (exact) mass is 328 g/mol. The molecule has 112 valence electrons. The number of thiazole rings is 1. The molecule has 1 aromatic heterocycles. The van der Waals surface area contributed by atoms with E-state index in [1.165, 1.54) is 35.6 Å². The first-order valence-electron chi connectivity index (χ1n) is 5.77. The Bertz CT molecular complexity index is 737. The first-order chi connectivity index (χ1) is 9.87. The molecule has 0 radical (unpaired) electrons. The Hall–Kier alpha value is -2.13. The summed E-state index contributed by atoms with van der Waals surface area (Å²) in [5.74, 6) is -0.825. The Kier molecular flexibility index (Phi) is 4.43. The van der Waals surface area contributed by atoms with E-state index in [2.05, 4.69) is 9.71 Å². The van der Waals surface area contributed by atoms with E-state index in [4.69, 9.17) is 9.84 Å². The summed E-state index contributed by atoms with van der Waals surface area (Å²) in [5, 5.41) is 8.78. The zero-order chi connectivity index (χ0) is 15.5. The van der Waals surface area contributed by atoms with E-state index in [0.29, 0.717) is 5.13 Å². The summed E-state index contributed by atoms with van der Waals surface area (Å²) < 4.78 is 31.5. The standard InChI is InChI=1S/C12H12N2O5S2/c1-8-6-13-12(20-8)14-21(17,18)10-4-2-9(3-5-10)19-7-11(15)16/h2-6H,7H2,1H3,(H,13,14)(H,15,16). The number of ether oxygens (including phenoxy) is 1. The number of hydrogen-bond acceptors (Lipinski definition) is 6. The van der Waals surface area contributed by atoms with Crippen molar-refractivity contribution in [1.82, 2.24) is 4.98 Å². The summed E-state index contributed by atoms with van der Waals surface area (Å²) in [6.07, 6.45) is 1.57. The summed E-state index contributed by atoms with van der Waals surface area (Å²) in [7, 11) is -3.72. The SMILES string of the molecule is Cc1cnc(NS(=O)(=O)c2ccc(OCC(=O)O)cc2)s1. The summed E-state index contributed by atoms with van der Waals surface area (Å²) in [5.41, 5.74) is 0. The van der Waals surface area contributed by atoms with Gasteiger partial charge in [0.2, 0.25) is 0 Å². The van der Waals surface area contributed by atoms with Gasteiger partial charge in [-0.05, 0) is 31.2 Å². The van der Waals surface area contributed by atoms with Gasteiger partial charge in [0.15, 0.2) is 11.7 Å². The normalized spacial score (nSPS) is 11.1. The van der Waals surface area contributed by atoms with Gasteiger partial charge in [0, 0.05) is 11.1 Å². The fraction of sp³-hybridized carbons (Fsp3) is 0.167. The molecular weight excluding hydrogens is 316 g/mol. The van der Waals surface area contributed by atoms with Crippen LogP contribution in [0.4, 0.5) is 5.13 Å². The molecule has 2 rings (SSSR count). The minimum Gasteiger partial charge on any atom is -0.482 e. The molecule has 2 aromatic rings. The van der Waals surface area contributed by atoms with Gasteiger partial charge in [-0.15, -0.1) is 11.3 Å². The van der Waals surface area contributed by atoms with Crippen molar-refractivity contribution in [3.63, 3.8) is 0 Å². The average Bonchev–Trinajstić information content (AvgIpc) is 2.81. The lowest BCUT2D eigenvalue weighted by atomic mass is 10.3. The number of rotatable bonds is 6. The highest BCUT2D eigenvalue weighted by atomic mass is 32.2. The van der Waals surface area contributed by atoms with E-state index >= 15 is 0 Å². The molecule has 0 atom stereocenters. The Balaban J connectivity index is 2.11. The van der Waals surface area contributed by atoms with Crippen LogP contribution in [0.5, 0.6) is 5.75 Å². The van der Waals surface area contributed by atoms with Gasteiger partial charge in [0.05, 0.1) is 4.90 Å². The van der Waals surface area contributed by atoms with Crippen LogP contribution in [0.25, 0.3) is 0 Å². The summed E-state index contributed by atoms with van der Waals surface area (Å²) in [6.45, 7) is 1.34. The van der Waals surface area contributed by atoms with Crippen LogP contribution in [0.2, 0.25) is 0 Å². The number of nitrogens with one attached hydrogen (secondary N) is 1. The van der Waals surface area contributed by atoms with Gasteiger partial charge in [-0.1, -0.05) is 0 Å². The minimum absolute atomic E-state index is 0.0398. The van der Waals surface area contributed by atoms with Gasteiger partial charge in [0.1, 0.15) is 5.75 Å². The van der Waals surface area contributed by atoms with E-state index < -0.39 is 22.6 Å². The number of aryl methyl sites for hydroxylation is 1. The Morgan fingerprint density at radius 2 is 2.05 bits per heavy atom. The topological polar surface area (TPSA) is 106 Å². The summed E-state index contributed by atoms with van der Waals surface area (Å²) in [4.78, 5) is 15.2. The van der Waals surface area contributed by atoms with Gasteiger partial charge in [-0.2, -0.15) is 0 Å². The largest absolute Gasteiger partial charge is 0.482 e. The van der Waals surface area contributed by atoms with Crippen molar-refractivity contribution in [2.24, 2.45) is 0 Å². The number of anilines is 1. The van der Waals surface area contributed by atoms with Crippen molar-refractivity contribution in [3.05, 3.63) is 35.3 Å². The van der Waals surface area contributed by atoms with Crippen LogP contribution in [0.15, 0.2) is 35.4 Å². The fourth-order valence-electron chi connectivity index (χ4n) is 1.44. The third-order valence-electron chi connectivity index (χ3n) is 2.34. The minimum atomic E-state index is -3.72. The lowest BCUT2D eigenvalue weighted by Gasteiger charge is -2.07. The molecule has 0 amide bonds. The second-order valence-electron chi connectivity index (χ2n) is 4.04. The van der Waals surface area contributed by atoms with Crippen molar-refractivity contribution < 1.29 is 23.1 Å². The van der Waals surface area contributed by atoms with E-state index in [-0.39, 0.29) is 10.6 Å². The predicted molar refractivity (Wildman–Crippen MR) is 77.2 cm³/mol. The van der Waals surface area contributed by atoms with E-state index in [1.807, 2.05) is 6.92 Å². The molecule has 7 nitrogen and oxygen atoms in total. The molecule has 2 N–H and O–H groups in total. The number of carboxylic acids is 1. The molecule has 0 aliphatic rings. The van der Waals surface area contributed by atoms with Crippen molar-refractivity contribution in [3.8, 4) is 5.75 Å². The van der Waals surface area contributed by atoms with Gasteiger partial charge < -0.3 is 9.84 Å². The lowest BCUT2D eigenvalue weighted by molar-refractivity contribution is -0.139. The van der Waals surface area contributed by atoms with Crippen LogP contribution in [0.3, 0.4) is 0 Å². The number of nitrogens with zero attached hydrogens (tertiary/aromatic N) is 1. The second-order valence-corrected chi connectivity index (χ2v) is 6.95. The van der Waals surface area contributed by atoms with Crippen molar-refractivity contribution >= 4 is 32.5 Å². The van der Waals surface area contributed by atoms with Gasteiger partial charge in [-0.3, -0.25) is 4.72 Å². The fourth-order valence-corrected chi connectivity index (χ4v) is 3.34. The summed E-state index contributed by atoms with van der Waals surface area (Å²) >= 11 is 1.23. The number of aromatic nitrogens is 1. The predicted octanol–water partition coefficient (Wildman–Crippen LogP) is 1.72. The molecule has 21 heavy (non-hydrogen) atoms. The molecule has 0 saturated heterocycles. The van der Waals surface area contributed by atoms with Crippen molar-refractivity contribution in [1.29, 1.82) is 0 Å². The maximum absolute atomic E-state index is 12.1. The molecule has 0 fully saturated rings. The first-order valence-corrected chi connectivity index (χ1v) is 8.07. The van der Waals surface area contributed by atoms with Crippen molar-refractivity contribution in [2.45, 2.75) is 11.8 Å². The Morgan fingerprint density at radius 3 is 2.57 bits per heavy atom. The smallest absolute Gasteiger partial charge is 0.341 e. The average molecular weight is 328 g/mol. The molecule has 0 aliphatic heterocycles. The van der Waals surface area contributed by atoms with Crippen LogP contribution in [0, 0.1) is 6.92 Å². The third kappa shape index (κ3) is 4.17. The highest BCUT2D eigenvalue weighted by Gasteiger charge is 2.16. The molecule has 9 heteroatoms. The summed E-state index contributed by atoms with van der Waals surface area (Å²) in [6, 6.07) is 5.45. The Labute approximate surface area is 125 Å². The zero-order valence-corrected chi connectivity index (χ0v) is 12.6. The number of carbonyl (C=O) groups is 1. The maximum Gasteiger partial charge on any atom is 0.341 e. The van der Waals surface area contributed by atoms with Crippen LogP contribution >= 0.6 is 11.3 Å². The molecule has 0 aliphatic carbocycles. The van der Waals surface area contributed by atoms with E-state index in [0.717, 1.165) is 4.88 Å². The lowest BCUT2D eigenvalue weighted by Crippen LogP contribution is -2.13. The molecule has 0 saturated carbocycles. The van der Waals surface area contributed by atoms with Crippen LogP contribution in [0.1, 0.15) is 4.88 Å². The molecule has 0 bridgehead atoms. The highest BCUT2D eigenvalue weighted by molar-refractivity contribution is 7.93. The number of sulfonamides is 1. The number of aliphatic carboxylic acids is 1. The molecule has 0 spiro atoms. The first kappa shape index (κ1) is 15.3. The quantitative estimate of drug-likeness (QED) is 0.836. The van der Waals surface area contributed by atoms with Crippen LogP contribution < -0.4 is 9.46 Å². The second kappa shape index (κ2) is 6.10. The molecular formula is C12H12N2O5S2. The zero-order valence-electron chi connectivity index (χ0n) is 10.9. The van der Waals surface area contributed by atoms with E-state index in [1.54, 1.807) is 6.20 Å². The van der Waals surface area contributed by atoms with Gasteiger partial charge >= 0.3 is 5.97 Å². The highest BCUT2D eigenvalue weighted by Crippen LogP contribution is 2.22.